The summed E-state index contributed by atoms with van der Waals surface area (Å²) in [6.07, 6.45) is 2.36. The average Bonchev–Trinajstić information content (AvgIpc) is 3.59. The molecule has 5 rings (SSSR count). The van der Waals surface area contributed by atoms with Crippen molar-refractivity contribution in [3.8, 4) is 16.2 Å². The van der Waals surface area contributed by atoms with E-state index in [2.05, 4.69) is 27.8 Å². The molecule has 2 heterocycles. The number of nitrogens with one attached hydrogen (secondary N) is 2. The molecule has 1 saturated heterocycles. The van der Waals surface area contributed by atoms with Crippen molar-refractivity contribution < 1.29 is 38.1 Å². The number of aryl methyl sites for hydroxylation is 2. The van der Waals surface area contributed by atoms with Crippen LogP contribution in [0.5, 0.6) is 5.75 Å². The van der Waals surface area contributed by atoms with Gasteiger partial charge in [0.15, 0.2) is 5.67 Å². The molecule has 2 fully saturated rings. The molecule has 0 bridgehead atoms. The van der Waals surface area contributed by atoms with Gasteiger partial charge in [0.25, 0.3) is 5.91 Å². The number of ether oxygens (including phenoxy) is 2. The van der Waals surface area contributed by atoms with Crippen LogP contribution < -0.4 is 26.8 Å². The number of aromatic nitrogens is 1. The molecule has 3 aromatic rings. The summed E-state index contributed by atoms with van der Waals surface area (Å²) in [5.41, 5.74) is 15.2. The number of hydrogen-bond acceptors (Lipinski definition) is 10. The molecule has 0 unspecified atom stereocenters. The first-order valence-corrected chi connectivity index (χ1v) is 21.0. The Hall–Kier alpha value is -4.15. The van der Waals surface area contributed by atoms with Crippen LogP contribution in [0.2, 0.25) is 0 Å². The lowest BCUT2D eigenvalue weighted by molar-refractivity contribution is -0.145. The third-order valence-electron chi connectivity index (χ3n) is 10.9. The van der Waals surface area contributed by atoms with Gasteiger partial charge in [0.1, 0.15) is 17.8 Å². The number of rotatable bonds is 20. The van der Waals surface area contributed by atoms with Gasteiger partial charge in [-0.1, -0.05) is 57.2 Å². The van der Waals surface area contributed by atoms with Crippen molar-refractivity contribution in [2.75, 3.05) is 13.2 Å². The maximum atomic E-state index is 14.6. The summed E-state index contributed by atoms with van der Waals surface area (Å²) in [4.78, 5) is 58.0. The number of carbonyl (C=O) groups is 4. The van der Waals surface area contributed by atoms with Crippen LogP contribution in [0.15, 0.2) is 48.0 Å². The molecule has 7 N–H and O–H groups in total. The number of aliphatic hydroxyl groups excluding tert-OH is 1. The van der Waals surface area contributed by atoms with E-state index in [-0.39, 0.29) is 69.2 Å². The summed E-state index contributed by atoms with van der Waals surface area (Å²) in [6, 6.07) is 11.8. The molecule has 324 valence electrons. The Morgan fingerprint density at radius 1 is 1.10 bits per heavy atom. The van der Waals surface area contributed by atoms with Crippen molar-refractivity contribution in [1.29, 1.82) is 0 Å². The van der Waals surface area contributed by atoms with E-state index in [1.165, 1.54) is 21.8 Å². The first-order valence-electron chi connectivity index (χ1n) is 20.1. The molecule has 5 atom stereocenters. The predicted molar refractivity (Wildman–Crippen MR) is 227 cm³/mol. The second-order valence-corrected chi connectivity index (χ2v) is 17.6. The second-order valence-electron chi connectivity index (χ2n) is 16.7. The van der Waals surface area contributed by atoms with Crippen LogP contribution in [-0.4, -0.2) is 87.8 Å². The zero-order valence-corrected chi connectivity index (χ0v) is 36.3. The molecule has 1 aliphatic carbocycles. The number of thiazole rings is 1. The Kier molecular flexibility index (Phi) is 16.8. The molecular formula is C43H60ClFN6O7S. The van der Waals surface area contributed by atoms with Crippen LogP contribution in [0.1, 0.15) is 95.0 Å². The third-order valence-corrected chi connectivity index (χ3v) is 11.8. The summed E-state index contributed by atoms with van der Waals surface area (Å²) < 4.78 is 26.9. The number of nitrogens with zero attached hydrogens (tertiary/aromatic N) is 2. The fourth-order valence-electron chi connectivity index (χ4n) is 6.88. The number of hydrogen-bond donors (Lipinski definition) is 5. The molecule has 59 heavy (non-hydrogen) atoms. The van der Waals surface area contributed by atoms with Crippen LogP contribution in [0.25, 0.3) is 10.4 Å². The Morgan fingerprint density at radius 3 is 2.42 bits per heavy atom. The minimum absolute atomic E-state index is 0. The van der Waals surface area contributed by atoms with Gasteiger partial charge < -0.3 is 41.6 Å². The van der Waals surface area contributed by atoms with Gasteiger partial charge in [-0.25, -0.2) is 9.37 Å². The maximum Gasteiger partial charge on any atom is 0.258 e. The molecule has 1 aromatic heterocycles. The number of carbonyl (C=O) groups excluding carboxylic acids is 4. The summed E-state index contributed by atoms with van der Waals surface area (Å²) >= 11 is 1.53. The van der Waals surface area contributed by atoms with Gasteiger partial charge in [0.2, 0.25) is 17.7 Å². The Balaban J connectivity index is 0.00000769. The van der Waals surface area contributed by atoms with E-state index in [9.17, 15) is 28.7 Å². The smallest absolute Gasteiger partial charge is 0.258 e. The standard InChI is InChI=1S/C43H59FN6O7S.ClH/c1-26-37(58-25-48-26)30-13-14-31(22-47-39(53)34-21-32(51)23-50(34)40(54)38(42(3,4)5)49-41(55)43(44)17-18-43)35(20-30)56-19-7-6-8-28-9-11-29(12-10-28)24-57-27(2)33(45)15-16-36(46)52;/h9-14,20,25,27,32-34,38,51H,6-8,15-19,21-24,45H2,1-5H3,(H2,46,52)(H,47,53)(H,49,55);1H/t27-,32-,33+,34+,38-;/m1./s1. The number of halogens is 2. The molecule has 4 amide bonds. The highest BCUT2D eigenvalue weighted by atomic mass is 35.5. The minimum atomic E-state index is -1.96. The van der Waals surface area contributed by atoms with E-state index in [1.54, 1.807) is 26.3 Å². The van der Waals surface area contributed by atoms with Gasteiger partial charge in [-0.05, 0) is 80.5 Å². The maximum absolute atomic E-state index is 14.6. The van der Waals surface area contributed by atoms with Crippen molar-refractivity contribution in [2.24, 2.45) is 16.9 Å². The molecule has 0 spiro atoms. The zero-order valence-electron chi connectivity index (χ0n) is 34.6. The first-order chi connectivity index (χ1) is 27.4. The van der Waals surface area contributed by atoms with Crippen LogP contribution in [0.4, 0.5) is 4.39 Å². The van der Waals surface area contributed by atoms with Crippen molar-refractivity contribution >= 4 is 47.4 Å². The average molecular weight is 860 g/mol. The highest BCUT2D eigenvalue weighted by molar-refractivity contribution is 7.13. The van der Waals surface area contributed by atoms with Crippen molar-refractivity contribution in [2.45, 2.75) is 135 Å². The lowest BCUT2D eigenvalue weighted by atomic mass is 9.85. The van der Waals surface area contributed by atoms with Gasteiger partial charge >= 0.3 is 0 Å². The quantitative estimate of drug-likeness (QED) is 0.0966. The lowest BCUT2D eigenvalue weighted by Crippen LogP contribution is -2.59. The SMILES string of the molecule is Cc1ncsc1-c1ccc(CNC(=O)[C@@H]2C[C@@H](O)CN2C(=O)[C@@H](NC(=O)C2(F)CC2)C(C)(C)C)c(OCCCCc2ccc(CO[C@H](C)[C@@H](N)CCC(N)=O)cc2)c1.Cl. The fourth-order valence-corrected chi connectivity index (χ4v) is 7.69. The van der Waals surface area contributed by atoms with Gasteiger partial charge in [-0.15, -0.1) is 23.7 Å². The normalized spacial score (nSPS) is 18.6. The molecule has 2 aliphatic rings. The van der Waals surface area contributed by atoms with E-state index >= 15 is 0 Å². The van der Waals surface area contributed by atoms with Gasteiger partial charge in [0, 0.05) is 37.5 Å². The first kappa shape index (κ1) is 47.5. The summed E-state index contributed by atoms with van der Waals surface area (Å²) in [5.74, 6) is -1.56. The van der Waals surface area contributed by atoms with Crippen molar-refractivity contribution in [3.05, 3.63) is 70.4 Å². The molecule has 16 heteroatoms. The van der Waals surface area contributed by atoms with Gasteiger partial charge in [0.05, 0.1) is 41.5 Å². The summed E-state index contributed by atoms with van der Waals surface area (Å²) in [7, 11) is 0. The molecular weight excluding hydrogens is 799 g/mol. The molecule has 1 saturated carbocycles. The highest BCUT2D eigenvalue weighted by Crippen LogP contribution is 2.40. The van der Waals surface area contributed by atoms with Crippen molar-refractivity contribution in [1.82, 2.24) is 20.5 Å². The molecule has 2 aromatic carbocycles. The molecule has 13 nitrogen and oxygen atoms in total. The topological polar surface area (TPSA) is 199 Å². The second kappa shape index (κ2) is 20.9. The number of benzene rings is 2. The van der Waals surface area contributed by atoms with Crippen LogP contribution in [0.3, 0.4) is 0 Å². The predicted octanol–water partition coefficient (Wildman–Crippen LogP) is 5.05. The van der Waals surface area contributed by atoms with E-state index in [1.807, 2.05) is 44.2 Å². The van der Waals surface area contributed by atoms with Crippen LogP contribution in [0, 0.1) is 12.3 Å². The number of likely N-dealkylation sites (tertiary alicyclic amines) is 1. The van der Waals surface area contributed by atoms with Crippen LogP contribution >= 0.6 is 23.7 Å². The van der Waals surface area contributed by atoms with Crippen molar-refractivity contribution in [3.63, 3.8) is 0 Å². The number of amides is 4. The van der Waals surface area contributed by atoms with E-state index in [4.69, 9.17) is 20.9 Å². The number of aliphatic hydroxyl groups is 1. The fraction of sp³-hybridized carbons (Fsp3) is 0.558. The number of unbranched alkanes of at least 4 members (excludes halogenated alkanes) is 1. The monoisotopic (exact) mass is 858 g/mol. The highest BCUT2D eigenvalue weighted by Gasteiger charge is 2.53. The summed E-state index contributed by atoms with van der Waals surface area (Å²) in [6.45, 7) is 10.0. The summed E-state index contributed by atoms with van der Waals surface area (Å²) in [5, 5.41) is 16.1. The number of β-amino-alcohol motifs (C(OH)–C–C–N with tert-alkyl or cyclic N) is 1. The number of nitrogens with two attached hydrogens (primary N) is 2. The lowest BCUT2D eigenvalue weighted by Gasteiger charge is -2.35. The largest absolute Gasteiger partial charge is 0.493 e. The minimum Gasteiger partial charge on any atom is -0.493 e. The molecule has 0 radical (unpaired) electrons. The van der Waals surface area contributed by atoms with E-state index in [0.717, 1.165) is 46.5 Å². The van der Waals surface area contributed by atoms with E-state index in [0.29, 0.717) is 25.4 Å². The van der Waals surface area contributed by atoms with Crippen LogP contribution in [-0.2, 0) is 43.5 Å². The van der Waals surface area contributed by atoms with E-state index < -0.39 is 47.0 Å². The van der Waals surface area contributed by atoms with Gasteiger partial charge in [-0.2, -0.15) is 0 Å². The molecule has 1 aliphatic heterocycles. The zero-order chi connectivity index (χ0) is 42.2. The Morgan fingerprint density at radius 2 is 1.80 bits per heavy atom. The Bertz CT molecular complexity index is 1900. The number of primary amides is 1. The third kappa shape index (κ3) is 13.2. The Labute approximate surface area is 356 Å². The van der Waals surface area contributed by atoms with Gasteiger partial charge in [-0.3, -0.25) is 19.2 Å². The number of alkyl halides is 1.